The van der Waals surface area contributed by atoms with Gasteiger partial charge in [-0.05, 0) is 22.3 Å². The van der Waals surface area contributed by atoms with Crippen molar-refractivity contribution >= 4 is 18.0 Å². The van der Waals surface area contributed by atoms with Crippen LogP contribution >= 0.6 is 0 Å². The topological polar surface area (TPSA) is 116 Å². The van der Waals surface area contributed by atoms with Crippen molar-refractivity contribution in [2.75, 3.05) is 19.7 Å². The number of rotatable bonds is 6. The SMILES string of the molecule is O=C(NCC(F)(F)C(=O)N1CC(O)C[C@H]1C(=O)O)OCC1c2ccccc2-c2ccccc21. The number of nitrogens with zero attached hydrogens (tertiary/aromatic N) is 1. The molecule has 0 bridgehead atoms. The molecule has 0 aromatic heterocycles. The molecule has 2 aliphatic rings. The van der Waals surface area contributed by atoms with Crippen LogP contribution in [0.15, 0.2) is 48.5 Å². The highest BCUT2D eigenvalue weighted by atomic mass is 19.3. The first-order valence-corrected chi connectivity index (χ1v) is 10.4. The van der Waals surface area contributed by atoms with E-state index in [0.717, 1.165) is 22.3 Å². The van der Waals surface area contributed by atoms with E-state index in [4.69, 9.17) is 9.84 Å². The Morgan fingerprint density at radius 1 is 1.06 bits per heavy atom. The number of aliphatic hydroxyl groups is 1. The summed E-state index contributed by atoms with van der Waals surface area (Å²) in [4.78, 5) is 35.9. The van der Waals surface area contributed by atoms with Crippen molar-refractivity contribution in [3.8, 4) is 11.1 Å². The minimum Gasteiger partial charge on any atom is -0.480 e. The molecule has 1 heterocycles. The van der Waals surface area contributed by atoms with Gasteiger partial charge in [0.25, 0.3) is 5.91 Å². The molecule has 1 aliphatic heterocycles. The molecule has 2 amide bonds. The molecule has 174 valence electrons. The Hall–Kier alpha value is -3.53. The highest BCUT2D eigenvalue weighted by Crippen LogP contribution is 2.44. The molecular weight excluding hydrogens is 438 g/mol. The molecule has 4 rings (SSSR count). The number of likely N-dealkylation sites (tertiary alicyclic amines) is 1. The number of carbonyl (C=O) groups excluding carboxylic acids is 2. The molecule has 10 heteroatoms. The molecule has 1 aliphatic carbocycles. The number of β-amino-alcohol motifs (C(OH)–C–C–N with tert-alkyl or cyclic N) is 1. The lowest BCUT2D eigenvalue weighted by molar-refractivity contribution is -0.162. The summed E-state index contributed by atoms with van der Waals surface area (Å²) in [5.74, 6) is -7.58. The largest absolute Gasteiger partial charge is 0.480 e. The van der Waals surface area contributed by atoms with Gasteiger partial charge in [0.2, 0.25) is 0 Å². The first-order valence-electron chi connectivity index (χ1n) is 10.4. The molecule has 8 nitrogen and oxygen atoms in total. The highest BCUT2D eigenvalue weighted by molar-refractivity contribution is 5.89. The van der Waals surface area contributed by atoms with Crippen LogP contribution in [0, 0.1) is 0 Å². The van der Waals surface area contributed by atoms with Crippen LogP contribution in [-0.2, 0) is 14.3 Å². The maximum Gasteiger partial charge on any atom is 0.407 e. The molecule has 3 N–H and O–H groups in total. The van der Waals surface area contributed by atoms with Crippen LogP contribution in [-0.4, -0.2) is 70.8 Å². The number of nitrogens with one attached hydrogen (secondary N) is 1. The van der Waals surface area contributed by atoms with Crippen LogP contribution in [0.2, 0.25) is 0 Å². The van der Waals surface area contributed by atoms with Gasteiger partial charge in [0.15, 0.2) is 0 Å². The number of amides is 2. The van der Waals surface area contributed by atoms with Gasteiger partial charge in [-0.3, -0.25) is 4.79 Å². The van der Waals surface area contributed by atoms with Crippen molar-refractivity contribution in [1.29, 1.82) is 0 Å². The second-order valence-corrected chi connectivity index (χ2v) is 8.08. The van der Waals surface area contributed by atoms with Gasteiger partial charge < -0.3 is 25.2 Å². The molecule has 1 saturated heterocycles. The Labute approximate surface area is 187 Å². The first kappa shape index (κ1) is 22.7. The number of aliphatic hydroxyl groups excluding tert-OH is 1. The lowest BCUT2D eigenvalue weighted by Gasteiger charge is -2.26. The molecule has 2 aromatic carbocycles. The third kappa shape index (κ3) is 4.38. The predicted octanol–water partition coefficient (Wildman–Crippen LogP) is 2.21. The molecule has 2 atom stereocenters. The lowest BCUT2D eigenvalue weighted by atomic mass is 9.98. The quantitative estimate of drug-likeness (QED) is 0.609. The normalized spacial score (nSPS) is 19.7. The Morgan fingerprint density at radius 3 is 2.21 bits per heavy atom. The Morgan fingerprint density at radius 2 is 1.64 bits per heavy atom. The number of carboxylic acids is 1. The van der Waals surface area contributed by atoms with Crippen LogP contribution in [0.1, 0.15) is 23.5 Å². The van der Waals surface area contributed by atoms with E-state index < -0.39 is 49.1 Å². The van der Waals surface area contributed by atoms with Crippen molar-refractivity contribution < 1.29 is 38.1 Å². The van der Waals surface area contributed by atoms with E-state index >= 15 is 0 Å². The zero-order chi connectivity index (χ0) is 23.8. The zero-order valence-electron chi connectivity index (χ0n) is 17.4. The third-order valence-electron chi connectivity index (χ3n) is 5.94. The second kappa shape index (κ2) is 8.78. The maximum absolute atomic E-state index is 14.4. The van der Waals surface area contributed by atoms with Crippen molar-refractivity contribution in [2.45, 2.75) is 30.4 Å². The van der Waals surface area contributed by atoms with Gasteiger partial charge in [0.05, 0.1) is 12.6 Å². The van der Waals surface area contributed by atoms with Crippen LogP contribution in [0.5, 0.6) is 0 Å². The molecular formula is C23H22F2N2O6. The van der Waals surface area contributed by atoms with E-state index in [-0.39, 0.29) is 18.9 Å². The molecule has 2 aromatic rings. The number of carboxylic acid groups (broad SMARTS) is 1. The monoisotopic (exact) mass is 460 g/mol. The van der Waals surface area contributed by atoms with Gasteiger partial charge in [0.1, 0.15) is 12.6 Å². The minimum absolute atomic E-state index is 0.0845. The fourth-order valence-electron chi connectivity index (χ4n) is 4.39. The minimum atomic E-state index is -4.07. The van der Waals surface area contributed by atoms with Crippen LogP contribution in [0.3, 0.4) is 0 Å². The average molecular weight is 460 g/mol. The summed E-state index contributed by atoms with van der Waals surface area (Å²) in [5.41, 5.74) is 3.94. The number of hydrogen-bond donors (Lipinski definition) is 3. The standard InChI is InChI=1S/C23H22F2N2O6/c24-23(25,21(31)27-10-13(28)9-19(27)20(29)30)12-26-22(32)33-11-18-16-7-3-1-5-14(16)15-6-2-4-8-17(15)18/h1-8,13,18-19,28H,9-12H2,(H,26,32)(H,29,30)/t13?,19-/m0/s1. The van der Waals surface area contributed by atoms with Crippen molar-refractivity contribution in [3.63, 3.8) is 0 Å². The number of alkyl halides is 2. The van der Waals surface area contributed by atoms with Crippen LogP contribution < -0.4 is 5.32 Å². The number of ether oxygens (including phenoxy) is 1. The van der Waals surface area contributed by atoms with Gasteiger partial charge in [-0.25, -0.2) is 9.59 Å². The van der Waals surface area contributed by atoms with Gasteiger partial charge in [0, 0.05) is 18.9 Å². The fraction of sp³-hybridized carbons (Fsp3) is 0.348. The highest BCUT2D eigenvalue weighted by Gasteiger charge is 2.49. The van der Waals surface area contributed by atoms with E-state index in [1.165, 1.54) is 0 Å². The Bertz CT molecular complexity index is 1050. The number of alkyl carbamates (subject to hydrolysis) is 1. The van der Waals surface area contributed by atoms with E-state index in [2.05, 4.69) is 0 Å². The molecule has 0 radical (unpaired) electrons. The van der Waals surface area contributed by atoms with Crippen LogP contribution in [0.25, 0.3) is 11.1 Å². The molecule has 1 unspecified atom stereocenters. The van der Waals surface area contributed by atoms with Gasteiger partial charge in [-0.1, -0.05) is 48.5 Å². The van der Waals surface area contributed by atoms with Gasteiger partial charge in [-0.2, -0.15) is 8.78 Å². The summed E-state index contributed by atoms with van der Waals surface area (Å²) in [6, 6.07) is 13.7. The predicted molar refractivity (Wildman–Crippen MR) is 112 cm³/mol. The number of halogens is 2. The number of aliphatic carboxylic acids is 1. The summed E-state index contributed by atoms with van der Waals surface area (Å²) >= 11 is 0. The number of hydrogen-bond acceptors (Lipinski definition) is 5. The summed E-state index contributed by atoms with van der Waals surface area (Å²) in [6.45, 7) is -1.96. The van der Waals surface area contributed by atoms with E-state index in [9.17, 15) is 28.3 Å². The summed E-state index contributed by atoms with van der Waals surface area (Å²) in [7, 11) is 0. The van der Waals surface area contributed by atoms with E-state index in [1.807, 2.05) is 53.8 Å². The smallest absolute Gasteiger partial charge is 0.407 e. The third-order valence-corrected chi connectivity index (χ3v) is 5.94. The number of carbonyl (C=O) groups is 3. The summed E-state index contributed by atoms with van der Waals surface area (Å²) in [6.07, 6.45) is -2.67. The van der Waals surface area contributed by atoms with Crippen molar-refractivity contribution in [2.24, 2.45) is 0 Å². The fourth-order valence-corrected chi connectivity index (χ4v) is 4.39. The van der Waals surface area contributed by atoms with Crippen LogP contribution in [0.4, 0.5) is 13.6 Å². The molecule has 33 heavy (non-hydrogen) atoms. The second-order valence-electron chi connectivity index (χ2n) is 8.08. The molecule has 1 fully saturated rings. The number of benzene rings is 2. The van der Waals surface area contributed by atoms with E-state index in [1.54, 1.807) is 0 Å². The summed E-state index contributed by atoms with van der Waals surface area (Å²) in [5, 5.41) is 20.6. The first-order chi connectivity index (χ1) is 15.7. The Balaban J connectivity index is 1.36. The lowest BCUT2D eigenvalue weighted by Crippen LogP contribution is -2.53. The van der Waals surface area contributed by atoms with Crippen molar-refractivity contribution in [3.05, 3.63) is 59.7 Å². The van der Waals surface area contributed by atoms with E-state index in [0.29, 0.717) is 4.90 Å². The van der Waals surface area contributed by atoms with Gasteiger partial charge >= 0.3 is 18.0 Å². The zero-order valence-corrected chi connectivity index (χ0v) is 17.4. The maximum atomic E-state index is 14.4. The molecule has 0 saturated carbocycles. The van der Waals surface area contributed by atoms with Gasteiger partial charge in [-0.15, -0.1) is 0 Å². The number of fused-ring (bicyclic) bond motifs is 3. The molecule has 0 spiro atoms. The Kier molecular flexibility index (Phi) is 6.03. The van der Waals surface area contributed by atoms with Crippen molar-refractivity contribution in [1.82, 2.24) is 10.2 Å². The summed E-state index contributed by atoms with van der Waals surface area (Å²) < 4.78 is 34.0. The average Bonchev–Trinajstić information content (AvgIpc) is 3.34.